The fourth-order valence-corrected chi connectivity index (χ4v) is 0. The van der Waals surface area contributed by atoms with Gasteiger partial charge < -0.3 is 68.8 Å². The van der Waals surface area contributed by atoms with E-state index in [2.05, 4.69) is 0 Å². The molecule has 0 fully saturated rings. The maximum Gasteiger partial charge on any atom is 5.00 e. The van der Waals surface area contributed by atoms with Crippen LogP contribution in [0.5, 0.6) is 0 Å². The van der Waals surface area contributed by atoms with Gasteiger partial charge in [0.05, 0.1) is 0 Å². The molecule has 0 aromatic rings. The standard InChI is InChI=1S/12FH.2H3N.Nb.Ta/h12*1H;2*1H3;;/q;;;;;;;;;;;;;;2*+5/p-10. The second kappa shape index (κ2) is 10500. The molecule has 0 amide bonds. The molecule has 16 heavy (non-hydrogen) atoms. The Kier molecular flexibility index (Phi) is 8380000. The number of hydrogen-bond donors (Lipinski definition) is 2. The van der Waals surface area contributed by atoms with Gasteiger partial charge in [0.15, 0.2) is 0 Å². The van der Waals surface area contributed by atoms with E-state index in [1.54, 1.807) is 0 Å². The Morgan fingerprint density at radius 1 is 0.250 bits per heavy atom. The summed E-state index contributed by atoms with van der Waals surface area (Å²) in [5, 5.41) is 0. The van der Waals surface area contributed by atoms with Gasteiger partial charge in [0.1, 0.15) is 0 Å². The fraction of sp³-hybridized carbons (Fsp3) is 0. The molecular formula is H8F12N2NbTa. The van der Waals surface area contributed by atoms with Crippen LogP contribution in [0.1, 0.15) is 0 Å². The Labute approximate surface area is 114 Å². The molecule has 0 aliphatic heterocycles. The van der Waals surface area contributed by atoms with Crippen LogP contribution in [0, 0.1) is 0 Å². The van der Waals surface area contributed by atoms with E-state index >= 15 is 0 Å². The Morgan fingerprint density at radius 3 is 0.250 bits per heavy atom. The van der Waals surface area contributed by atoms with Crippen LogP contribution in [0.25, 0.3) is 0 Å². The number of hydrogen-bond acceptors (Lipinski definition) is 0. The van der Waals surface area contributed by atoms with Gasteiger partial charge in [-0.15, -0.1) is 0 Å². The summed E-state index contributed by atoms with van der Waals surface area (Å²) in [6.45, 7) is 0. The van der Waals surface area contributed by atoms with Gasteiger partial charge in [0.2, 0.25) is 0 Å². The second-order valence-electron chi connectivity index (χ2n) is 0. The van der Waals surface area contributed by atoms with Crippen molar-refractivity contribution in [3.63, 3.8) is 0 Å². The minimum Gasteiger partial charge on any atom is -1.00 e. The van der Waals surface area contributed by atoms with Crippen molar-refractivity contribution in [1.29, 1.82) is 0 Å². The molecule has 0 aromatic carbocycles. The van der Waals surface area contributed by atoms with Crippen LogP contribution in [0.4, 0.5) is 0 Å². The van der Waals surface area contributed by atoms with Gasteiger partial charge in [-0.1, -0.05) is 0 Å². The summed E-state index contributed by atoms with van der Waals surface area (Å²) >= 11 is 0. The average molecular weight is 538 g/mol. The molecule has 0 saturated carbocycles. The number of halogens is 12. The molecule has 0 bridgehead atoms. The van der Waals surface area contributed by atoms with Crippen LogP contribution < -0.4 is 68.8 Å². The predicted molar refractivity (Wildman–Crippen MR) is 12.0 cm³/mol. The third-order valence-electron chi connectivity index (χ3n) is 0. The van der Waals surface area contributed by atoms with Crippen LogP contribution >= 0.6 is 0 Å². The summed E-state index contributed by atoms with van der Waals surface area (Å²) in [5.74, 6) is 0. The van der Waals surface area contributed by atoms with Gasteiger partial charge in [-0.3, -0.25) is 0 Å². The SMILES string of the molecule is [F-].[F-].[F-].[F-].[F-].[F-].[F-].[F-].[F-].[F-].[F-].[F-].[NH4+].[NH4+].[Nb+5].[Ta+5]. The molecule has 0 aliphatic rings. The van der Waals surface area contributed by atoms with Crippen molar-refractivity contribution in [1.82, 2.24) is 12.3 Å². The largest absolute Gasteiger partial charge is 5.00 e. The van der Waals surface area contributed by atoms with E-state index < -0.39 is 0 Å². The molecule has 0 spiro atoms. The molecule has 0 radical (unpaired) electrons. The molecule has 0 heterocycles. The molecular weight excluding hydrogens is 530 g/mol. The molecule has 0 unspecified atom stereocenters. The van der Waals surface area contributed by atoms with E-state index in [9.17, 15) is 0 Å². The second-order valence-corrected chi connectivity index (χ2v) is 0. The monoisotopic (exact) mass is 538 g/mol. The van der Waals surface area contributed by atoms with E-state index in [0.29, 0.717) is 0 Å². The summed E-state index contributed by atoms with van der Waals surface area (Å²) in [4.78, 5) is 0. The molecule has 0 saturated heterocycles. The zero-order valence-electron chi connectivity index (χ0n) is 7.43. The normalized spacial score (nSPS) is 0. The third kappa shape index (κ3) is 8520. The summed E-state index contributed by atoms with van der Waals surface area (Å²) < 4.78 is 0. The molecule has 0 aromatic heterocycles. The topological polar surface area (TPSA) is 73.0 Å². The van der Waals surface area contributed by atoms with Gasteiger partial charge in [-0.2, -0.15) is 0 Å². The zero-order chi connectivity index (χ0) is 0. The summed E-state index contributed by atoms with van der Waals surface area (Å²) in [6, 6.07) is 0. The maximum absolute atomic E-state index is 0. The van der Waals surface area contributed by atoms with Crippen LogP contribution in [-0.2, 0) is 44.8 Å². The van der Waals surface area contributed by atoms with Gasteiger partial charge >= 0.3 is 44.8 Å². The van der Waals surface area contributed by atoms with Crippen molar-refractivity contribution in [3.05, 3.63) is 0 Å². The van der Waals surface area contributed by atoms with E-state index in [1.165, 1.54) is 0 Å². The zero-order valence-corrected chi connectivity index (χ0v) is 12.8. The van der Waals surface area contributed by atoms with Crippen LogP contribution in [0.3, 0.4) is 0 Å². The van der Waals surface area contributed by atoms with Gasteiger partial charge in [0, 0.05) is 0 Å². The van der Waals surface area contributed by atoms with E-state index in [1.807, 2.05) is 0 Å². The molecule has 2 nitrogen and oxygen atoms in total. The molecule has 0 atom stereocenters. The number of quaternary nitrogens is 2. The first-order valence-electron chi connectivity index (χ1n) is 0. The van der Waals surface area contributed by atoms with Crippen LogP contribution in [0.15, 0.2) is 0 Å². The molecule has 16 heteroatoms. The van der Waals surface area contributed by atoms with Crippen molar-refractivity contribution in [3.8, 4) is 0 Å². The quantitative estimate of drug-likeness (QED) is 0.228. The number of rotatable bonds is 0. The fourth-order valence-electron chi connectivity index (χ4n) is 0. The van der Waals surface area contributed by atoms with Crippen molar-refractivity contribution < 1.29 is 101 Å². The third-order valence-corrected chi connectivity index (χ3v) is 0. The Balaban J connectivity index is 0. The first-order valence-corrected chi connectivity index (χ1v) is 0. The van der Waals surface area contributed by atoms with E-state index in [4.69, 9.17) is 0 Å². The van der Waals surface area contributed by atoms with Gasteiger partial charge in [0.25, 0.3) is 0 Å². The Hall–Kier alpha value is 0.561. The summed E-state index contributed by atoms with van der Waals surface area (Å²) in [7, 11) is 0. The summed E-state index contributed by atoms with van der Waals surface area (Å²) in [5.41, 5.74) is 0. The van der Waals surface area contributed by atoms with Crippen molar-refractivity contribution in [2.75, 3.05) is 0 Å². The molecule has 8 N–H and O–H groups in total. The van der Waals surface area contributed by atoms with Crippen molar-refractivity contribution >= 4 is 0 Å². The van der Waals surface area contributed by atoms with Crippen molar-refractivity contribution in [2.45, 2.75) is 0 Å². The molecule has 112 valence electrons. The average Bonchev–Trinajstić information content (AvgIpc) is 0. The predicted octanol–water partition coefficient (Wildman–Crippen LogP) is -35.2. The minimum absolute atomic E-state index is 0. The minimum atomic E-state index is 0. The Bertz CT molecular complexity index is 19.0. The first kappa shape index (κ1) is 12800. The molecule has 0 aliphatic carbocycles. The first-order chi connectivity index (χ1) is 0. The summed E-state index contributed by atoms with van der Waals surface area (Å²) in [6.07, 6.45) is 0. The van der Waals surface area contributed by atoms with Crippen LogP contribution in [-0.4, -0.2) is 0 Å². The Morgan fingerprint density at radius 2 is 0.250 bits per heavy atom. The smallest absolute Gasteiger partial charge is 1.00 e. The van der Waals surface area contributed by atoms with Gasteiger partial charge in [-0.25, -0.2) is 0 Å². The van der Waals surface area contributed by atoms with Crippen LogP contribution in [0.2, 0.25) is 0 Å². The van der Waals surface area contributed by atoms with Crippen molar-refractivity contribution in [2.24, 2.45) is 0 Å². The molecule has 0 rings (SSSR count). The van der Waals surface area contributed by atoms with E-state index in [-0.39, 0.29) is 114 Å². The van der Waals surface area contributed by atoms with E-state index in [0.717, 1.165) is 0 Å². The maximum atomic E-state index is 0. The van der Waals surface area contributed by atoms with Gasteiger partial charge in [-0.05, 0) is 0 Å².